The van der Waals surface area contributed by atoms with Gasteiger partial charge in [0.15, 0.2) is 0 Å². The molecule has 1 aromatic heterocycles. The van der Waals surface area contributed by atoms with Gasteiger partial charge in [0.25, 0.3) is 0 Å². The second-order valence-electron chi connectivity index (χ2n) is 5.86. The number of hydrogen-bond donors (Lipinski definition) is 1. The summed E-state index contributed by atoms with van der Waals surface area (Å²) < 4.78 is 0. The number of hydrogen-bond acceptors (Lipinski definition) is 4. The van der Waals surface area contributed by atoms with Crippen molar-refractivity contribution in [3.63, 3.8) is 0 Å². The molecule has 3 rings (SSSR count). The molecule has 0 aliphatic carbocycles. The van der Waals surface area contributed by atoms with Gasteiger partial charge in [0, 0.05) is 37.6 Å². The molecule has 4 heteroatoms. The Labute approximate surface area is 126 Å². The first-order valence-corrected chi connectivity index (χ1v) is 7.83. The van der Waals surface area contributed by atoms with Crippen molar-refractivity contribution in [3.8, 4) is 0 Å². The Morgan fingerprint density at radius 2 is 1.90 bits per heavy atom. The SMILES string of the molecule is CCC(C)N1CCN(c2c(N)cnc3ccccc23)CC1. The van der Waals surface area contributed by atoms with Crippen LogP contribution in [0.2, 0.25) is 0 Å². The Hall–Kier alpha value is -1.81. The summed E-state index contributed by atoms with van der Waals surface area (Å²) in [4.78, 5) is 9.41. The van der Waals surface area contributed by atoms with Crippen LogP contribution in [0, 0.1) is 0 Å². The zero-order valence-corrected chi connectivity index (χ0v) is 12.9. The minimum atomic E-state index is 0.665. The molecule has 2 heterocycles. The lowest BCUT2D eigenvalue weighted by molar-refractivity contribution is 0.193. The van der Waals surface area contributed by atoms with E-state index in [2.05, 4.69) is 40.8 Å². The number of piperazine rings is 1. The minimum absolute atomic E-state index is 0.665. The molecule has 0 spiro atoms. The van der Waals surface area contributed by atoms with E-state index in [4.69, 9.17) is 5.73 Å². The zero-order chi connectivity index (χ0) is 14.8. The highest BCUT2D eigenvalue weighted by Gasteiger charge is 2.22. The van der Waals surface area contributed by atoms with Crippen LogP contribution in [0.3, 0.4) is 0 Å². The Morgan fingerprint density at radius 3 is 2.62 bits per heavy atom. The fourth-order valence-electron chi connectivity index (χ4n) is 3.14. The summed E-state index contributed by atoms with van der Waals surface area (Å²) in [5.41, 5.74) is 9.18. The quantitative estimate of drug-likeness (QED) is 0.941. The van der Waals surface area contributed by atoms with E-state index in [0.29, 0.717) is 6.04 Å². The lowest BCUT2D eigenvalue weighted by Gasteiger charge is -2.39. The van der Waals surface area contributed by atoms with Crippen LogP contribution >= 0.6 is 0 Å². The average Bonchev–Trinajstić information content (AvgIpc) is 2.54. The van der Waals surface area contributed by atoms with E-state index in [-0.39, 0.29) is 0 Å². The average molecular weight is 284 g/mol. The summed E-state index contributed by atoms with van der Waals surface area (Å²) in [7, 11) is 0. The third kappa shape index (κ3) is 2.68. The summed E-state index contributed by atoms with van der Waals surface area (Å²) in [5.74, 6) is 0. The van der Waals surface area contributed by atoms with E-state index >= 15 is 0 Å². The van der Waals surface area contributed by atoms with Crippen LogP contribution in [0.5, 0.6) is 0 Å². The molecular weight excluding hydrogens is 260 g/mol. The predicted octanol–water partition coefficient (Wildman–Crippen LogP) is 2.74. The largest absolute Gasteiger partial charge is 0.396 e. The van der Waals surface area contributed by atoms with Gasteiger partial charge in [-0.25, -0.2) is 0 Å². The number of nitrogens with zero attached hydrogens (tertiary/aromatic N) is 3. The zero-order valence-electron chi connectivity index (χ0n) is 12.9. The van der Waals surface area contributed by atoms with Crippen LogP contribution in [-0.4, -0.2) is 42.1 Å². The summed E-state index contributed by atoms with van der Waals surface area (Å²) >= 11 is 0. The Balaban J connectivity index is 1.87. The van der Waals surface area contributed by atoms with Crippen molar-refractivity contribution in [1.82, 2.24) is 9.88 Å². The molecule has 0 amide bonds. The molecule has 1 atom stereocenters. The standard InChI is InChI=1S/C17H24N4/c1-3-13(2)20-8-10-21(11-9-20)17-14-6-4-5-7-16(14)19-12-15(17)18/h4-7,12-13H,3,8-11,18H2,1-2H3. The first-order valence-electron chi connectivity index (χ1n) is 7.83. The first kappa shape index (κ1) is 14.1. The van der Waals surface area contributed by atoms with Gasteiger partial charge < -0.3 is 10.6 Å². The van der Waals surface area contributed by atoms with Crippen molar-refractivity contribution in [2.45, 2.75) is 26.3 Å². The minimum Gasteiger partial charge on any atom is -0.396 e. The van der Waals surface area contributed by atoms with Crippen molar-refractivity contribution in [2.24, 2.45) is 0 Å². The van der Waals surface area contributed by atoms with Crippen LogP contribution in [0.15, 0.2) is 30.5 Å². The second-order valence-corrected chi connectivity index (χ2v) is 5.86. The van der Waals surface area contributed by atoms with Crippen LogP contribution in [0.4, 0.5) is 11.4 Å². The molecule has 2 N–H and O–H groups in total. The van der Waals surface area contributed by atoms with Crippen molar-refractivity contribution in [1.29, 1.82) is 0 Å². The maximum absolute atomic E-state index is 6.22. The highest BCUT2D eigenvalue weighted by atomic mass is 15.3. The van der Waals surface area contributed by atoms with Gasteiger partial charge in [0.2, 0.25) is 0 Å². The van der Waals surface area contributed by atoms with Crippen molar-refractivity contribution in [3.05, 3.63) is 30.5 Å². The molecule has 1 aliphatic rings. The summed E-state index contributed by atoms with van der Waals surface area (Å²) in [6.45, 7) is 8.83. The van der Waals surface area contributed by atoms with Gasteiger partial charge in [-0.05, 0) is 19.4 Å². The fourth-order valence-corrected chi connectivity index (χ4v) is 3.14. The maximum atomic E-state index is 6.22. The van der Waals surface area contributed by atoms with Crippen molar-refractivity contribution < 1.29 is 0 Å². The van der Waals surface area contributed by atoms with E-state index in [0.717, 1.165) is 48.5 Å². The van der Waals surface area contributed by atoms with E-state index in [9.17, 15) is 0 Å². The topological polar surface area (TPSA) is 45.4 Å². The molecule has 4 nitrogen and oxygen atoms in total. The number of anilines is 2. The third-order valence-corrected chi connectivity index (χ3v) is 4.62. The van der Waals surface area contributed by atoms with Gasteiger partial charge in [0.05, 0.1) is 23.1 Å². The van der Waals surface area contributed by atoms with Crippen LogP contribution in [0.25, 0.3) is 10.9 Å². The van der Waals surface area contributed by atoms with Crippen LogP contribution in [0.1, 0.15) is 20.3 Å². The van der Waals surface area contributed by atoms with Crippen LogP contribution < -0.4 is 10.6 Å². The van der Waals surface area contributed by atoms with Gasteiger partial charge in [-0.1, -0.05) is 25.1 Å². The summed E-state index contributed by atoms with van der Waals surface area (Å²) in [6, 6.07) is 8.92. The normalized spacial score (nSPS) is 18.1. The smallest absolute Gasteiger partial charge is 0.0745 e. The highest BCUT2D eigenvalue weighted by Crippen LogP contribution is 2.32. The Kier molecular flexibility index (Phi) is 3.97. The van der Waals surface area contributed by atoms with Gasteiger partial charge in [0.1, 0.15) is 0 Å². The van der Waals surface area contributed by atoms with E-state index in [1.165, 1.54) is 6.42 Å². The molecule has 112 valence electrons. The highest BCUT2D eigenvalue weighted by molar-refractivity contribution is 5.97. The molecule has 1 fully saturated rings. The summed E-state index contributed by atoms with van der Waals surface area (Å²) in [6.07, 6.45) is 3.00. The number of para-hydroxylation sites is 1. The molecule has 1 saturated heterocycles. The van der Waals surface area contributed by atoms with E-state index < -0.39 is 0 Å². The molecule has 21 heavy (non-hydrogen) atoms. The molecule has 1 unspecified atom stereocenters. The Bertz CT molecular complexity index is 617. The second kappa shape index (κ2) is 5.90. The van der Waals surface area contributed by atoms with Crippen LogP contribution in [-0.2, 0) is 0 Å². The lowest BCUT2D eigenvalue weighted by Crippen LogP contribution is -2.49. The number of pyridine rings is 1. The number of aromatic nitrogens is 1. The molecule has 2 aromatic rings. The molecular formula is C17H24N4. The molecule has 0 bridgehead atoms. The van der Waals surface area contributed by atoms with Crippen molar-refractivity contribution in [2.75, 3.05) is 36.8 Å². The molecule has 1 aliphatic heterocycles. The number of benzene rings is 1. The van der Waals surface area contributed by atoms with Gasteiger partial charge in [-0.2, -0.15) is 0 Å². The number of nitrogen functional groups attached to an aromatic ring is 1. The van der Waals surface area contributed by atoms with E-state index in [1.54, 1.807) is 6.20 Å². The lowest BCUT2D eigenvalue weighted by atomic mass is 10.1. The monoisotopic (exact) mass is 284 g/mol. The predicted molar refractivity (Wildman–Crippen MR) is 89.7 cm³/mol. The third-order valence-electron chi connectivity index (χ3n) is 4.62. The molecule has 1 aromatic carbocycles. The number of nitrogens with two attached hydrogens (primary N) is 1. The maximum Gasteiger partial charge on any atom is 0.0745 e. The number of rotatable bonds is 3. The van der Waals surface area contributed by atoms with Crippen molar-refractivity contribution >= 4 is 22.3 Å². The summed E-state index contributed by atoms with van der Waals surface area (Å²) in [5, 5.41) is 1.16. The van der Waals surface area contributed by atoms with E-state index in [1.807, 2.05) is 12.1 Å². The molecule has 0 saturated carbocycles. The van der Waals surface area contributed by atoms with Gasteiger partial charge in [-0.3, -0.25) is 9.88 Å². The van der Waals surface area contributed by atoms with Gasteiger partial charge in [-0.15, -0.1) is 0 Å². The molecule has 0 radical (unpaired) electrons. The number of fused-ring (bicyclic) bond motifs is 1. The Morgan fingerprint density at radius 1 is 1.19 bits per heavy atom. The first-order chi connectivity index (χ1) is 10.2. The fraction of sp³-hybridized carbons (Fsp3) is 0.471. The van der Waals surface area contributed by atoms with Gasteiger partial charge >= 0.3 is 0 Å².